The lowest BCUT2D eigenvalue weighted by Gasteiger charge is -2.18. The molecule has 0 bridgehead atoms. The topological polar surface area (TPSA) is 38.1 Å². The van der Waals surface area contributed by atoms with Gasteiger partial charge in [-0.25, -0.2) is 0 Å². The summed E-state index contributed by atoms with van der Waals surface area (Å²) >= 11 is 0. The average molecular weight is 219 g/mol. The molecule has 0 radical (unpaired) electrons. The van der Waals surface area contributed by atoms with Gasteiger partial charge in [-0.05, 0) is 32.1 Å². The summed E-state index contributed by atoms with van der Waals surface area (Å²) in [7, 11) is 0. The Morgan fingerprint density at radius 3 is 2.69 bits per heavy atom. The minimum absolute atomic E-state index is 0.195. The average Bonchev–Trinajstić information content (AvgIpc) is 2.98. The maximum Gasteiger partial charge on any atom is 0.257 e. The number of carbonyl (C=O) groups excluding carboxylic acids is 1. The number of carbonyl (C=O) groups is 1. The molecule has 4 heteroatoms. The van der Waals surface area contributed by atoms with Gasteiger partial charge in [0.15, 0.2) is 0 Å². The number of fused-ring (bicyclic) bond motifs is 1. The van der Waals surface area contributed by atoms with Crippen LogP contribution in [0.15, 0.2) is 6.20 Å². The molecule has 2 aliphatic heterocycles. The van der Waals surface area contributed by atoms with Gasteiger partial charge in [0, 0.05) is 19.6 Å². The maximum absolute atomic E-state index is 12.3. The van der Waals surface area contributed by atoms with E-state index in [1.54, 1.807) is 6.20 Å². The summed E-state index contributed by atoms with van der Waals surface area (Å²) in [6.45, 7) is 2.81. The molecule has 2 aliphatic rings. The lowest BCUT2D eigenvalue weighted by molar-refractivity contribution is 0.0791. The number of hydrogen-bond acceptors (Lipinski definition) is 2. The summed E-state index contributed by atoms with van der Waals surface area (Å²) in [5, 5.41) is 4.32. The number of rotatable bonds is 1. The summed E-state index contributed by atoms with van der Waals surface area (Å²) < 4.78 is 2.01. The van der Waals surface area contributed by atoms with Crippen molar-refractivity contribution >= 4 is 5.91 Å². The lowest BCUT2D eigenvalue weighted by atomic mass is 10.1. The van der Waals surface area contributed by atoms with Crippen LogP contribution in [0.25, 0.3) is 0 Å². The molecular weight excluding hydrogens is 202 g/mol. The largest absolute Gasteiger partial charge is 0.339 e. The Kier molecular flexibility index (Phi) is 2.42. The molecule has 3 heterocycles. The van der Waals surface area contributed by atoms with E-state index in [2.05, 4.69) is 5.10 Å². The van der Waals surface area contributed by atoms with E-state index in [1.165, 1.54) is 12.8 Å². The van der Waals surface area contributed by atoms with Crippen LogP contribution in [0.5, 0.6) is 0 Å². The van der Waals surface area contributed by atoms with Gasteiger partial charge < -0.3 is 4.90 Å². The van der Waals surface area contributed by atoms with E-state index in [9.17, 15) is 4.79 Å². The highest BCUT2D eigenvalue weighted by Gasteiger charge is 2.25. The first-order chi connectivity index (χ1) is 7.86. The predicted octanol–water partition coefficient (Wildman–Crippen LogP) is 1.46. The van der Waals surface area contributed by atoms with Gasteiger partial charge in [0.25, 0.3) is 5.91 Å². The van der Waals surface area contributed by atoms with E-state index in [1.807, 2.05) is 9.58 Å². The normalized spacial score (nSPS) is 19.9. The standard InChI is InChI=1S/C12H17N3O/c16-12(14-6-3-4-7-14)10-9-13-15-8-2-1-5-11(10)15/h9H,1-8H2. The van der Waals surface area contributed by atoms with Crippen LogP contribution < -0.4 is 0 Å². The molecule has 1 aromatic heterocycles. The minimum atomic E-state index is 0.195. The van der Waals surface area contributed by atoms with Gasteiger partial charge in [0.05, 0.1) is 17.5 Å². The first-order valence-electron chi connectivity index (χ1n) is 6.20. The minimum Gasteiger partial charge on any atom is -0.339 e. The third kappa shape index (κ3) is 1.52. The molecule has 0 spiro atoms. The summed E-state index contributed by atoms with van der Waals surface area (Å²) in [4.78, 5) is 14.2. The van der Waals surface area contributed by atoms with Crippen molar-refractivity contribution in [3.8, 4) is 0 Å². The maximum atomic E-state index is 12.3. The molecule has 0 N–H and O–H groups in total. The third-order valence-corrected chi connectivity index (χ3v) is 3.61. The molecule has 0 unspecified atom stereocenters. The molecule has 1 amide bonds. The van der Waals surface area contributed by atoms with Gasteiger partial charge in [-0.15, -0.1) is 0 Å². The highest BCUT2D eigenvalue weighted by Crippen LogP contribution is 2.21. The van der Waals surface area contributed by atoms with Crippen LogP contribution in [0.3, 0.4) is 0 Å². The van der Waals surface area contributed by atoms with E-state index < -0.39 is 0 Å². The van der Waals surface area contributed by atoms with Crippen molar-refractivity contribution in [1.82, 2.24) is 14.7 Å². The van der Waals surface area contributed by atoms with Crippen molar-refractivity contribution in [3.05, 3.63) is 17.5 Å². The number of nitrogens with zero attached hydrogens (tertiary/aromatic N) is 3. The van der Waals surface area contributed by atoms with Crippen LogP contribution >= 0.6 is 0 Å². The van der Waals surface area contributed by atoms with Crippen LogP contribution in [0.4, 0.5) is 0 Å². The second-order valence-corrected chi connectivity index (χ2v) is 4.68. The van der Waals surface area contributed by atoms with Crippen molar-refractivity contribution in [2.45, 2.75) is 38.6 Å². The van der Waals surface area contributed by atoms with Crippen molar-refractivity contribution in [1.29, 1.82) is 0 Å². The summed E-state index contributed by atoms with van der Waals surface area (Å²) in [5.41, 5.74) is 2.00. The number of hydrogen-bond donors (Lipinski definition) is 0. The number of likely N-dealkylation sites (tertiary alicyclic amines) is 1. The van der Waals surface area contributed by atoms with Crippen molar-refractivity contribution in [2.24, 2.45) is 0 Å². The quantitative estimate of drug-likeness (QED) is 0.717. The Hall–Kier alpha value is -1.32. The fraction of sp³-hybridized carbons (Fsp3) is 0.667. The van der Waals surface area contributed by atoms with Gasteiger partial charge >= 0.3 is 0 Å². The molecule has 0 atom stereocenters. The first kappa shape index (κ1) is 9.87. The van der Waals surface area contributed by atoms with Crippen LogP contribution in [0.2, 0.25) is 0 Å². The van der Waals surface area contributed by atoms with Gasteiger partial charge in [-0.1, -0.05) is 0 Å². The Bertz CT molecular complexity index is 404. The smallest absolute Gasteiger partial charge is 0.257 e. The zero-order valence-corrected chi connectivity index (χ0v) is 9.48. The van der Waals surface area contributed by atoms with Crippen LogP contribution in [0.1, 0.15) is 41.7 Å². The van der Waals surface area contributed by atoms with Crippen molar-refractivity contribution in [2.75, 3.05) is 13.1 Å². The molecule has 0 aromatic carbocycles. The predicted molar refractivity (Wildman–Crippen MR) is 60.3 cm³/mol. The molecule has 1 saturated heterocycles. The Labute approximate surface area is 95.2 Å². The fourth-order valence-corrected chi connectivity index (χ4v) is 2.69. The van der Waals surface area contributed by atoms with Gasteiger partial charge in [-0.3, -0.25) is 9.48 Å². The monoisotopic (exact) mass is 219 g/mol. The Morgan fingerprint density at radius 1 is 1.12 bits per heavy atom. The van der Waals surface area contributed by atoms with E-state index in [0.717, 1.165) is 50.2 Å². The van der Waals surface area contributed by atoms with E-state index in [-0.39, 0.29) is 5.91 Å². The second kappa shape index (κ2) is 3.92. The molecule has 3 rings (SSSR count). The van der Waals surface area contributed by atoms with Crippen LogP contribution in [0, 0.1) is 0 Å². The molecule has 0 saturated carbocycles. The Morgan fingerprint density at radius 2 is 1.88 bits per heavy atom. The van der Waals surface area contributed by atoms with Crippen LogP contribution in [-0.4, -0.2) is 33.7 Å². The molecule has 1 aromatic rings. The summed E-state index contributed by atoms with van der Waals surface area (Å²) in [5.74, 6) is 0.195. The van der Waals surface area contributed by atoms with E-state index in [4.69, 9.17) is 0 Å². The number of aromatic nitrogens is 2. The fourth-order valence-electron chi connectivity index (χ4n) is 2.69. The zero-order chi connectivity index (χ0) is 11.0. The highest BCUT2D eigenvalue weighted by molar-refractivity contribution is 5.95. The Balaban J connectivity index is 1.88. The molecule has 1 fully saturated rings. The van der Waals surface area contributed by atoms with Gasteiger partial charge in [-0.2, -0.15) is 5.10 Å². The molecule has 86 valence electrons. The van der Waals surface area contributed by atoms with Gasteiger partial charge in [0.2, 0.25) is 0 Å². The van der Waals surface area contributed by atoms with E-state index in [0.29, 0.717) is 0 Å². The highest BCUT2D eigenvalue weighted by atomic mass is 16.2. The van der Waals surface area contributed by atoms with Crippen molar-refractivity contribution < 1.29 is 4.79 Å². The molecular formula is C12H17N3O. The lowest BCUT2D eigenvalue weighted by Crippen LogP contribution is -2.28. The first-order valence-corrected chi connectivity index (χ1v) is 6.20. The number of amides is 1. The van der Waals surface area contributed by atoms with Crippen LogP contribution in [-0.2, 0) is 13.0 Å². The summed E-state index contributed by atoms with van der Waals surface area (Å²) in [6, 6.07) is 0. The van der Waals surface area contributed by atoms with Gasteiger partial charge in [0.1, 0.15) is 0 Å². The SMILES string of the molecule is O=C(c1cnn2c1CCCC2)N1CCCC1. The third-order valence-electron chi connectivity index (χ3n) is 3.61. The molecule has 16 heavy (non-hydrogen) atoms. The molecule has 4 nitrogen and oxygen atoms in total. The second-order valence-electron chi connectivity index (χ2n) is 4.68. The molecule has 0 aliphatic carbocycles. The summed E-state index contributed by atoms with van der Waals surface area (Å²) in [6.07, 6.45) is 7.44. The van der Waals surface area contributed by atoms with Crippen molar-refractivity contribution in [3.63, 3.8) is 0 Å². The zero-order valence-electron chi connectivity index (χ0n) is 9.48. The van der Waals surface area contributed by atoms with E-state index >= 15 is 0 Å². The number of aryl methyl sites for hydroxylation is 1.